The number of likely N-dealkylation sites (N-methyl/N-ethyl adjacent to an activating group) is 1. The SMILES string of the molecule is COc1ccccc1C[C@@H]1C(=O)N(C)c2ccccc21. The summed E-state index contributed by atoms with van der Waals surface area (Å²) >= 11 is 0. The summed E-state index contributed by atoms with van der Waals surface area (Å²) in [5, 5.41) is 0. The predicted octanol–water partition coefficient (Wildman–Crippen LogP) is 3.00. The first-order valence-electron chi connectivity index (χ1n) is 6.70. The maximum Gasteiger partial charge on any atom is 0.234 e. The van der Waals surface area contributed by atoms with Crippen molar-refractivity contribution in [3.63, 3.8) is 0 Å². The lowest BCUT2D eigenvalue weighted by atomic mass is 9.93. The van der Waals surface area contributed by atoms with Gasteiger partial charge in [-0.25, -0.2) is 0 Å². The van der Waals surface area contributed by atoms with Crippen LogP contribution in [0.1, 0.15) is 17.0 Å². The van der Waals surface area contributed by atoms with Crippen LogP contribution < -0.4 is 9.64 Å². The van der Waals surface area contributed by atoms with Crippen LogP contribution in [0.15, 0.2) is 48.5 Å². The number of methoxy groups -OCH3 is 1. The molecule has 1 aliphatic rings. The van der Waals surface area contributed by atoms with E-state index in [0.717, 1.165) is 22.6 Å². The monoisotopic (exact) mass is 267 g/mol. The third-order valence-electron chi connectivity index (χ3n) is 3.92. The Morgan fingerprint density at radius 1 is 1.10 bits per heavy atom. The number of para-hydroxylation sites is 2. The molecule has 1 heterocycles. The van der Waals surface area contributed by atoms with Crippen molar-refractivity contribution in [2.45, 2.75) is 12.3 Å². The molecule has 1 aliphatic heterocycles. The molecule has 0 fully saturated rings. The van der Waals surface area contributed by atoms with E-state index < -0.39 is 0 Å². The maximum atomic E-state index is 12.5. The third kappa shape index (κ3) is 1.95. The lowest BCUT2D eigenvalue weighted by Crippen LogP contribution is -2.24. The number of ether oxygens (including phenoxy) is 1. The molecule has 0 aromatic heterocycles. The predicted molar refractivity (Wildman–Crippen MR) is 79.3 cm³/mol. The van der Waals surface area contributed by atoms with E-state index in [1.54, 1.807) is 12.0 Å². The minimum absolute atomic E-state index is 0.118. The number of carbonyl (C=O) groups is 1. The standard InChI is InChI=1S/C17H17NO2/c1-18-15-9-5-4-8-13(15)14(17(18)19)11-12-7-3-6-10-16(12)20-2/h3-10,14H,11H2,1-2H3/t14-/m0/s1. The highest BCUT2D eigenvalue weighted by atomic mass is 16.5. The van der Waals surface area contributed by atoms with Crippen molar-refractivity contribution >= 4 is 11.6 Å². The fraction of sp³-hybridized carbons (Fsp3) is 0.235. The van der Waals surface area contributed by atoms with Crippen LogP contribution in [0.4, 0.5) is 5.69 Å². The summed E-state index contributed by atoms with van der Waals surface area (Å²) in [6, 6.07) is 15.9. The Balaban J connectivity index is 1.97. The van der Waals surface area contributed by atoms with Gasteiger partial charge in [0.1, 0.15) is 5.75 Å². The number of rotatable bonds is 3. The van der Waals surface area contributed by atoms with Crippen molar-refractivity contribution < 1.29 is 9.53 Å². The van der Waals surface area contributed by atoms with E-state index in [0.29, 0.717) is 6.42 Å². The number of anilines is 1. The second kappa shape index (κ2) is 5.00. The fourth-order valence-corrected chi connectivity index (χ4v) is 2.86. The van der Waals surface area contributed by atoms with Crippen LogP contribution >= 0.6 is 0 Å². The van der Waals surface area contributed by atoms with Gasteiger partial charge in [0.25, 0.3) is 0 Å². The summed E-state index contributed by atoms with van der Waals surface area (Å²) in [6.45, 7) is 0. The molecule has 1 atom stereocenters. The molecule has 0 N–H and O–H groups in total. The Morgan fingerprint density at radius 3 is 2.60 bits per heavy atom. The molecule has 0 saturated heterocycles. The van der Waals surface area contributed by atoms with E-state index in [2.05, 4.69) is 0 Å². The first-order valence-corrected chi connectivity index (χ1v) is 6.70. The zero-order valence-corrected chi connectivity index (χ0v) is 11.7. The van der Waals surface area contributed by atoms with Gasteiger partial charge >= 0.3 is 0 Å². The second-order valence-corrected chi connectivity index (χ2v) is 5.02. The number of amides is 1. The van der Waals surface area contributed by atoms with Crippen molar-refractivity contribution in [1.29, 1.82) is 0 Å². The van der Waals surface area contributed by atoms with Crippen LogP contribution in [0.3, 0.4) is 0 Å². The average Bonchev–Trinajstić information content (AvgIpc) is 2.73. The summed E-state index contributed by atoms with van der Waals surface area (Å²) < 4.78 is 5.38. The van der Waals surface area contributed by atoms with Crippen LogP contribution in [-0.2, 0) is 11.2 Å². The summed E-state index contributed by atoms with van der Waals surface area (Å²) in [5.41, 5.74) is 3.18. The van der Waals surface area contributed by atoms with Crippen molar-refractivity contribution in [2.75, 3.05) is 19.1 Å². The largest absolute Gasteiger partial charge is 0.496 e. The number of hydrogen-bond donors (Lipinski definition) is 0. The van der Waals surface area contributed by atoms with E-state index in [-0.39, 0.29) is 11.8 Å². The third-order valence-corrected chi connectivity index (χ3v) is 3.92. The van der Waals surface area contributed by atoms with Gasteiger partial charge in [-0.1, -0.05) is 36.4 Å². The molecule has 2 aromatic carbocycles. The first-order chi connectivity index (χ1) is 9.72. The molecule has 0 spiro atoms. The molecule has 1 amide bonds. The summed E-state index contributed by atoms with van der Waals surface area (Å²) in [5.74, 6) is 0.872. The molecule has 0 radical (unpaired) electrons. The van der Waals surface area contributed by atoms with E-state index >= 15 is 0 Å². The van der Waals surface area contributed by atoms with Crippen molar-refractivity contribution in [1.82, 2.24) is 0 Å². The van der Waals surface area contributed by atoms with Crippen LogP contribution in [0.25, 0.3) is 0 Å². The molecule has 102 valence electrons. The Labute approximate surface area is 118 Å². The Bertz CT molecular complexity index is 651. The number of hydrogen-bond acceptors (Lipinski definition) is 2. The molecule has 3 rings (SSSR count). The normalized spacial score (nSPS) is 17.2. The summed E-state index contributed by atoms with van der Waals surface area (Å²) in [7, 11) is 3.50. The summed E-state index contributed by atoms with van der Waals surface area (Å²) in [6.07, 6.45) is 0.671. The zero-order valence-electron chi connectivity index (χ0n) is 11.7. The second-order valence-electron chi connectivity index (χ2n) is 5.02. The van der Waals surface area contributed by atoms with Gasteiger partial charge in [0.15, 0.2) is 0 Å². The van der Waals surface area contributed by atoms with Gasteiger partial charge in [-0.2, -0.15) is 0 Å². The highest BCUT2D eigenvalue weighted by molar-refractivity contribution is 6.04. The van der Waals surface area contributed by atoms with Gasteiger partial charge < -0.3 is 9.64 Å². The Hall–Kier alpha value is -2.29. The number of carbonyl (C=O) groups excluding carboxylic acids is 1. The first kappa shape index (κ1) is 12.7. The van der Waals surface area contributed by atoms with Crippen LogP contribution in [0, 0.1) is 0 Å². The molecule has 0 bridgehead atoms. The van der Waals surface area contributed by atoms with Crippen molar-refractivity contribution in [3.05, 3.63) is 59.7 Å². The van der Waals surface area contributed by atoms with E-state index in [9.17, 15) is 4.79 Å². The Morgan fingerprint density at radius 2 is 1.80 bits per heavy atom. The molecule has 0 saturated carbocycles. The van der Waals surface area contributed by atoms with Gasteiger partial charge in [0.05, 0.1) is 13.0 Å². The number of nitrogens with zero attached hydrogens (tertiary/aromatic N) is 1. The Kier molecular flexibility index (Phi) is 3.18. The van der Waals surface area contributed by atoms with Crippen LogP contribution in [0.2, 0.25) is 0 Å². The van der Waals surface area contributed by atoms with Gasteiger partial charge in [0, 0.05) is 12.7 Å². The lowest BCUT2D eigenvalue weighted by Gasteiger charge is -2.13. The molecular formula is C17H17NO2. The highest BCUT2D eigenvalue weighted by Gasteiger charge is 2.35. The van der Waals surface area contributed by atoms with E-state index in [1.165, 1.54) is 0 Å². The van der Waals surface area contributed by atoms with Crippen LogP contribution in [-0.4, -0.2) is 20.1 Å². The van der Waals surface area contributed by atoms with Gasteiger partial charge in [-0.3, -0.25) is 4.79 Å². The molecule has 0 aliphatic carbocycles. The minimum atomic E-state index is -0.118. The van der Waals surface area contributed by atoms with Crippen molar-refractivity contribution in [2.24, 2.45) is 0 Å². The maximum absolute atomic E-state index is 12.5. The van der Waals surface area contributed by atoms with Crippen LogP contribution in [0.5, 0.6) is 5.75 Å². The number of fused-ring (bicyclic) bond motifs is 1. The number of benzene rings is 2. The molecule has 3 heteroatoms. The smallest absolute Gasteiger partial charge is 0.234 e. The molecule has 0 unspecified atom stereocenters. The van der Waals surface area contributed by atoms with Crippen molar-refractivity contribution in [3.8, 4) is 5.75 Å². The minimum Gasteiger partial charge on any atom is -0.496 e. The fourth-order valence-electron chi connectivity index (χ4n) is 2.86. The van der Waals surface area contributed by atoms with Gasteiger partial charge in [-0.05, 0) is 29.7 Å². The molecule has 20 heavy (non-hydrogen) atoms. The van der Waals surface area contributed by atoms with E-state index in [1.807, 2.05) is 55.6 Å². The molecule has 3 nitrogen and oxygen atoms in total. The van der Waals surface area contributed by atoms with Gasteiger partial charge in [0.2, 0.25) is 5.91 Å². The van der Waals surface area contributed by atoms with Gasteiger partial charge in [-0.15, -0.1) is 0 Å². The topological polar surface area (TPSA) is 29.5 Å². The summed E-state index contributed by atoms with van der Waals surface area (Å²) in [4.78, 5) is 14.2. The quantitative estimate of drug-likeness (QED) is 0.855. The molecule has 2 aromatic rings. The highest BCUT2D eigenvalue weighted by Crippen LogP contribution is 2.39. The lowest BCUT2D eigenvalue weighted by molar-refractivity contribution is -0.119. The van der Waals surface area contributed by atoms with E-state index in [4.69, 9.17) is 4.74 Å². The molecular weight excluding hydrogens is 250 g/mol. The zero-order chi connectivity index (χ0) is 14.1. The average molecular weight is 267 g/mol.